The van der Waals surface area contributed by atoms with E-state index >= 15 is 0 Å². The van der Waals surface area contributed by atoms with Crippen molar-refractivity contribution in [1.29, 1.82) is 5.26 Å². The van der Waals surface area contributed by atoms with Crippen molar-refractivity contribution in [3.05, 3.63) is 23.4 Å². The Bertz CT molecular complexity index is 579. The Morgan fingerprint density at radius 3 is 2.76 bits per heavy atom. The summed E-state index contributed by atoms with van der Waals surface area (Å²) < 4.78 is 38.4. The summed E-state index contributed by atoms with van der Waals surface area (Å²) in [5.41, 5.74) is -0.740. The minimum Gasteiger partial charge on any atom is -0.355 e. The predicted molar refractivity (Wildman–Crippen MR) is 70.6 cm³/mol. The summed E-state index contributed by atoms with van der Waals surface area (Å²) in [6, 6.07) is 4.02. The number of aromatic nitrogens is 1. The zero-order chi connectivity index (χ0) is 15.0. The molecule has 2 saturated heterocycles. The minimum absolute atomic E-state index is 0.165. The van der Waals surface area contributed by atoms with Crippen LogP contribution < -0.4 is 10.2 Å². The molecule has 0 aliphatic carbocycles. The average molecular weight is 296 g/mol. The topological polar surface area (TPSA) is 52.0 Å². The van der Waals surface area contributed by atoms with E-state index in [1.807, 2.05) is 11.0 Å². The summed E-state index contributed by atoms with van der Waals surface area (Å²) in [5.74, 6) is 1.16. The van der Waals surface area contributed by atoms with Crippen LogP contribution in [-0.4, -0.2) is 31.2 Å². The smallest absolute Gasteiger partial charge is 0.355 e. The standard InChI is InChI=1S/C14H15F3N4/c15-14(16,17)12-2-1-9(5-18)13(20-12)21-4-3-10-6-19-7-11(10)8-21/h1-2,10-11,19H,3-4,6-8H2. The summed E-state index contributed by atoms with van der Waals surface area (Å²) >= 11 is 0. The Morgan fingerprint density at radius 1 is 1.29 bits per heavy atom. The fourth-order valence-corrected chi connectivity index (χ4v) is 3.16. The van der Waals surface area contributed by atoms with Gasteiger partial charge in [0.2, 0.25) is 0 Å². The van der Waals surface area contributed by atoms with Crippen molar-refractivity contribution in [2.75, 3.05) is 31.1 Å². The molecule has 0 amide bonds. The number of fused-ring (bicyclic) bond motifs is 1. The zero-order valence-corrected chi connectivity index (χ0v) is 11.3. The van der Waals surface area contributed by atoms with Gasteiger partial charge in [0.15, 0.2) is 0 Å². The Labute approximate surface area is 120 Å². The lowest BCUT2D eigenvalue weighted by molar-refractivity contribution is -0.141. The van der Waals surface area contributed by atoms with Crippen LogP contribution in [0.5, 0.6) is 0 Å². The van der Waals surface area contributed by atoms with Crippen LogP contribution in [-0.2, 0) is 6.18 Å². The molecule has 3 rings (SSSR count). The second-order valence-electron chi connectivity index (χ2n) is 5.59. The molecule has 4 nitrogen and oxygen atoms in total. The Morgan fingerprint density at radius 2 is 2.05 bits per heavy atom. The Kier molecular flexibility index (Phi) is 3.49. The van der Waals surface area contributed by atoms with Crippen LogP contribution in [0, 0.1) is 23.2 Å². The van der Waals surface area contributed by atoms with Gasteiger partial charge in [-0.25, -0.2) is 4.98 Å². The van der Waals surface area contributed by atoms with E-state index in [0.717, 1.165) is 25.6 Å². The molecule has 2 fully saturated rings. The highest BCUT2D eigenvalue weighted by Gasteiger charge is 2.36. The molecule has 0 saturated carbocycles. The fraction of sp³-hybridized carbons (Fsp3) is 0.571. The van der Waals surface area contributed by atoms with Gasteiger partial charge in [-0.3, -0.25) is 0 Å². The van der Waals surface area contributed by atoms with Gasteiger partial charge >= 0.3 is 6.18 Å². The first kappa shape index (κ1) is 14.1. The van der Waals surface area contributed by atoms with Crippen molar-refractivity contribution in [3.63, 3.8) is 0 Å². The molecule has 2 atom stereocenters. The Balaban J connectivity index is 1.91. The number of anilines is 1. The lowest BCUT2D eigenvalue weighted by atomic mass is 9.88. The lowest BCUT2D eigenvalue weighted by Gasteiger charge is -2.35. The summed E-state index contributed by atoms with van der Waals surface area (Å²) in [7, 11) is 0. The first-order valence-corrected chi connectivity index (χ1v) is 6.93. The molecular weight excluding hydrogens is 281 g/mol. The molecular formula is C14H15F3N4. The van der Waals surface area contributed by atoms with Crippen molar-refractivity contribution in [3.8, 4) is 6.07 Å². The molecule has 3 heterocycles. The van der Waals surface area contributed by atoms with Crippen molar-refractivity contribution < 1.29 is 13.2 Å². The molecule has 2 aliphatic heterocycles. The van der Waals surface area contributed by atoms with Gasteiger partial charge in [-0.05, 0) is 43.5 Å². The molecule has 1 aromatic heterocycles. The van der Waals surface area contributed by atoms with E-state index in [2.05, 4.69) is 10.3 Å². The predicted octanol–water partition coefficient (Wildman–Crippen LogP) is 2.02. The monoisotopic (exact) mass is 296 g/mol. The van der Waals surface area contributed by atoms with E-state index in [1.165, 1.54) is 6.07 Å². The molecule has 0 spiro atoms. The van der Waals surface area contributed by atoms with Gasteiger partial charge in [-0.15, -0.1) is 0 Å². The first-order chi connectivity index (χ1) is 9.99. The number of halogens is 3. The highest BCUT2D eigenvalue weighted by Crippen LogP contribution is 2.33. The van der Waals surface area contributed by atoms with Crippen molar-refractivity contribution in [1.82, 2.24) is 10.3 Å². The second-order valence-corrected chi connectivity index (χ2v) is 5.59. The van der Waals surface area contributed by atoms with Crippen LogP contribution >= 0.6 is 0 Å². The van der Waals surface area contributed by atoms with Gasteiger partial charge in [0.05, 0.1) is 5.56 Å². The number of piperidine rings is 1. The third-order valence-electron chi connectivity index (χ3n) is 4.29. The lowest BCUT2D eigenvalue weighted by Crippen LogP contribution is -2.41. The highest BCUT2D eigenvalue weighted by molar-refractivity contribution is 5.55. The number of alkyl halides is 3. The normalized spacial score (nSPS) is 25.5. The van der Waals surface area contributed by atoms with Crippen molar-refractivity contribution in [2.24, 2.45) is 11.8 Å². The third-order valence-corrected chi connectivity index (χ3v) is 4.29. The number of pyridine rings is 1. The second kappa shape index (κ2) is 5.19. The van der Waals surface area contributed by atoms with Gasteiger partial charge in [0.25, 0.3) is 0 Å². The largest absolute Gasteiger partial charge is 0.433 e. The van der Waals surface area contributed by atoms with Crippen molar-refractivity contribution >= 4 is 5.82 Å². The van der Waals surface area contributed by atoms with E-state index in [9.17, 15) is 13.2 Å². The fourth-order valence-electron chi connectivity index (χ4n) is 3.16. The summed E-state index contributed by atoms with van der Waals surface area (Å²) in [6.45, 7) is 3.15. The molecule has 0 radical (unpaired) electrons. The maximum atomic E-state index is 12.8. The molecule has 2 aliphatic rings. The van der Waals surface area contributed by atoms with E-state index in [4.69, 9.17) is 5.26 Å². The number of hydrogen-bond donors (Lipinski definition) is 1. The number of hydrogen-bond acceptors (Lipinski definition) is 4. The van der Waals surface area contributed by atoms with Gasteiger partial charge < -0.3 is 10.2 Å². The molecule has 0 aromatic carbocycles. The number of nitrogens with zero attached hydrogens (tertiary/aromatic N) is 3. The highest BCUT2D eigenvalue weighted by atomic mass is 19.4. The third kappa shape index (κ3) is 2.68. The zero-order valence-electron chi connectivity index (χ0n) is 11.3. The van der Waals surface area contributed by atoms with Crippen LogP contribution in [0.1, 0.15) is 17.7 Å². The summed E-state index contributed by atoms with van der Waals surface area (Å²) in [5, 5.41) is 12.4. The number of nitriles is 1. The van der Waals surface area contributed by atoms with Crippen LogP contribution in [0.4, 0.5) is 19.0 Å². The molecule has 7 heteroatoms. The van der Waals surface area contributed by atoms with E-state index in [0.29, 0.717) is 24.9 Å². The summed E-state index contributed by atoms with van der Waals surface area (Å²) in [4.78, 5) is 5.53. The molecule has 21 heavy (non-hydrogen) atoms. The maximum absolute atomic E-state index is 12.8. The average Bonchev–Trinajstić information content (AvgIpc) is 2.93. The van der Waals surface area contributed by atoms with Gasteiger partial charge in [-0.2, -0.15) is 18.4 Å². The SMILES string of the molecule is N#Cc1ccc(C(F)(F)F)nc1N1CCC2CNCC2C1. The molecule has 1 aromatic rings. The van der Waals surface area contributed by atoms with Crippen LogP contribution in [0.25, 0.3) is 0 Å². The maximum Gasteiger partial charge on any atom is 0.433 e. The van der Waals surface area contributed by atoms with E-state index < -0.39 is 11.9 Å². The quantitative estimate of drug-likeness (QED) is 0.861. The minimum atomic E-state index is -4.49. The first-order valence-electron chi connectivity index (χ1n) is 6.93. The molecule has 1 N–H and O–H groups in total. The Hall–Kier alpha value is -1.81. The van der Waals surface area contributed by atoms with Crippen LogP contribution in [0.3, 0.4) is 0 Å². The van der Waals surface area contributed by atoms with Crippen LogP contribution in [0.15, 0.2) is 12.1 Å². The molecule has 112 valence electrons. The number of rotatable bonds is 1. The van der Waals surface area contributed by atoms with E-state index in [-0.39, 0.29) is 11.4 Å². The molecule has 0 bridgehead atoms. The van der Waals surface area contributed by atoms with Gasteiger partial charge in [-0.1, -0.05) is 0 Å². The van der Waals surface area contributed by atoms with Gasteiger partial charge in [0.1, 0.15) is 17.6 Å². The molecule has 2 unspecified atom stereocenters. The number of nitrogens with one attached hydrogen (secondary N) is 1. The van der Waals surface area contributed by atoms with E-state index in [1.54, 1.807) is 0 Å². The van der Waals surface area contributed by atoms with Crippen LogP contribution in [0.2, 0.25) is 0 Å². The summed E-state index contributed by atoms with van der Waals surface area (Å²) in [6.07, 6.45) is -3.57. The van der Waals surface area contributed by atoms with Gasteiger partial charge in [0, 0.05) is 13.1 Å². The van der Waals surface area contributed by atoms with Crippen molar-refractivity contribution in [2.45, 2.75) is 12.6 Å².